The second-order valence-corrected chi connectivity index (χ2v) is 10.7. The Hall–Kier alpha value is -1.58. The molecule has 4 heteroatoms. The average Bonchev–Trinajstić information content (AvgIpc) is 2.82. The van der Waals surface area contributed by atoms with Crippen LogP contribution in [-0.2, 0) is 4.79 Å². The fourth-order valence-electron chi connectivity index (χ4n) is 6.94. The van der Waals surface area contributed by atoms with E-state index in [0.29, 0.717) is 0 Å². The number of benzene rings is 1. The number of hydrogen-bond acceptors (Lipinski definition) is 3. The minimum absolute atomic E-state index is 0.0539. The molecule has 0 spiro atoms. The van der Waals surface area contributed by atoms with Crippen LogP contribution in [0, 0.1) is 41.3 Å². The number of esters is 1. The Morgan fingerprint density at radius 1 is 0.938 bits per heavy atom. The molecule has 3 aliphatic rings. The van der Waals surface area contributed by atoms with Gasteiger partial charge in [0, 0.05) is 6.07 Å². The van der Waals surface area contributed by atoms with E-state index in [1.165, 1.54) is 77.0 Å². The summed E-state index contributed by atoms with van der Waals surface area (Å²) in [4.78, 5) is 12.6. The van der Waals surface area contributed by atoms with Crippen molar-refractivity contribution >= 4 is 5.97 Å². The van der Waals surface area contributed by atoms with Crippen LogP contribution >= 0.6 is 0 Å². The van der Waals surface area contributed by atoms with Crippen molar-refractivity contribution in [2.45, 2.75) is 90.4 Å². The largest absolute Gasteiger partial charge is 0.494 e. The fraction of sp³-hybridized carbons (Fsp3) is 0.750. The number of hydrogen-bond donors (Lipinski definition) is 0. The lowest BCUT2D eigenvalue weighted by Crippen LogP contribution is -2.35. The van der Waals surface area contributed by atoms with E-state index in [1.54, 1.807) is 6.07 Å². The molecule has 0 aliphatic heterocycles. The summed E-state index contributed by atoms with van der Waals surface area (Å²) in [6, 6.07) is 4.33. The highest BCUT2D eigenvalue weighted by Gasteiger charge is 2.39. The summed E-state index contributed by atoms with van der Waals surface area (Å²) < 4.78 is 24.3. The summed E-state index contributed by atoms with van der Waals surface area (Å²) in [5.41, 5.74) is 0. The Bertz CT molecular complexity index is 755. The van der Waals surface area contributed by atoms with Crippen LogP contribution < -0.4 is 9.47 Å². The van der Waals surface area contributed by atoms with Crippen LogP contribution in [0.15, 0.2) is 18.2 Å². The number of ether oxygens (including phenoxy) is 2. The molecule has 4 rings (SSSR count). The number of methoxy groups -OCH3 is 1. The minimum Gasteiger partial charge on any atom is -0.494 e. The number of rotatable bonds is 7. The first-order valence-electron chi connectivity index (χ1n) is 13.1. The highest BCUT2D eigenvalue weighted by atomic mass is 19.1. The van der Waals surface area contributed by atoms with E-state index in [0.717, 1.165) is 55.3 Å². The van der Waals surface area contributed by atoms with Gasteiger partial charge in [0.25, 0.3) is 0 Å². The SMILES string of the molecule is CCCCC1CCC2CC(C3CCC(C(=O)Oc4ccc(OC)c(F)c4)CC3)CCC2C1. The molecule has 0 radical (unpaired) electrons. The Morgan fingerprint density at radius 3 is 2.28 bits per heavy atom. The van der Waals surface area contributed by atoms with Crippen LogP contribution in [0.5, 0.6) is 11.5 Å². The highest BCUT2D eigenvalue weighted by Crippen LogP contribution is 2.49. The Kier molecular flexibility index (Phi) is 8.12. The molecular formula is C28H41FO3. The first-order valence-corrected chi connectivity index (χ1v) is 13.1. The van der Waals surface area contributed by atoms with Gasteiger partial charge < -0.3 is 9.47 Å². The number of fused-ring (bicyclic) bond motifs is 1. The molecule has 0 aromatic heterocycles. The van der Waals surface area contributed by atoms with Gasteiger partial charge in [-0.25, -0.2) is 4.39 Å². The molecule has 1 aromatic rings. The summed E-state index contributed by atoms with van der Waals surface area (Å²) in [5, 5.41) is 0. The molecule has 4 atom stereocenters. The minimum atomic E-state index is -0.503. The number of carbonyl (C=O) groups is 1. The lowest BCUT2D eigenvalue weighted by Gasteiger charge is -2.45. The molecule has 0 bridgehead atoms. The topological polar surface area (TPSA) is 35.5 Å². The van der Waals surface area contributed by atoms with Gasteiger partial charge in [-0.05, 0) is 99.5 Å². The van der Waals surface area contributed by atoms with Gasteiger partial charge >= 0.3 is 5.97 Å². The molecular weight excluding hydrogens is 403 g/mol. The molecule has 178 valence electrons. The van der Waals surface area contributed by atoms with Crippen LogP contribution in [0.3, 0.4) is 0 Å². The molecule has 1 aromatic carbocycles. The van der Waals surface area contributed by atoms with Crippen molar-refractivity contribution in [3.63, 3.8) is 0 Å². The molecule has 0 N–H and O–H groups in total. The van der Waals surface area contributed by atoms with E-state index in [9.17, 15) is 9.18 Å². The van der Waals surface area contributed by atoms with Crippen molar-refractivity contribution in [3.8, 4) is 11.5 Å². The third-order valence-electron chi connectivity index (χ3n) is 8.84. The third-order valence-corrected chi connectivity index (χ3v) is 8.84. The zero-order valence-corrected chi connectivity index (χ0v) is 20.0. The second kappa shape index (κ2) is 11.0. The maximum Gasteiger partial charge on any atom is 0.314 e. The first kappa shape index (κ1) is 23.6. The van der Waals surface area contributed by atoms with Gasteiger partial charge in [0.15, 0.2) is 11.6 Å². The number of carbonyl (C=O) groups excluding carboxylic acids is 1. The second-order valence-electron chi connectivity index (χ2n) is 10.7. The van der Waals surface area contributed by atoms with Gasteiger partial charge in [-0.2, -0.15) is 0 Å². The van der Waals surface area contributed by atoms with Crippen molar-refractivity contribution in [2.75, 3.05) is 7.11 Å². The molecule has 32 heavy (non-hydrogen) atoms. The van der Waals surface area contributed by atoms with Crippen molar-refractivity contribution in [1.82, 2.24) is 0 Å². The van der Waals surface area contributed by atoms with E-state index in [2.05, 4.69) is 6.92 Å². The zero-order valence-electron chi connectivity index (χ0n) is 20.0. The van der Waals surface area contributed by atoms with Crippen LogP contribution in [-0.4, -0.2) is 13.1 Å². The van der Waals surface area contributed by atoms with Gasteiger partial charge in [-0.15, -0.1) is 0 Å². The lowest BCUT2D eigenvalue weighted by atomic mass is 9.60. The van der Waals surface area contributed by atoms with Crippen molar-refractivity contribution in [1.29, 1.82) is 0 Å². The number of halogens is 1. The fourth-order valence-corrected chi connectivity index (χ4v) is 6.94. The summed E-state index contributed by atoms with van der Waals surface area (Å²) in [6.07, 6.45) is 16.9. The summed E-state index contributed by atoms with van der Waals surface area (Å²) >= 11 is 0. The zero-order chi connectivity index (χ0) is 22.5. The molecule has 0 amide bonds. The monoisotopic (exact) mass is 444 g/mol. The van der Waals surface area contributed by atoms with Crippen molar-refractivity contribution < 1.29 is 18.7 Å². The molecule has 0 saturated heterocycles. The summed E-state index contributed by atoms with van der Waals surface area (Å²) in [6.45, 7) is 2.31. The lowest BCUT2D eigenvalue weighted by molar-refractivity contribution is -0.140. The predicted octanol–water partition coefficient (Wildman–Crippen LogP) is 7.57. The van der Waals surface area contributed by atoms with Crippen LogP contribution in [0.25, 0.3) is 0 Å². The first-order chi connectivity index (χ1) is 15.6. The molecule has 4 unspecified atom stereocenters. The van der Waals surface area contributed by atoms with E-state index >= 15 is 0 Å². The average molecular weight is 445 g/mol. The van der Waals surface area contributed by atoms with Crippen LogP contribution in [0.2, 0.25) is 0 Å². The standard InChI is InChI=1S/C28H41FO3/c1-3-4-5-19-6-7-24-17-23(13-12-22(24)16-19)20-8-10-21(11-9-20)28(30)32-25-14-15-27(31-2)26(29)18-25/h14-15,18-24H,3-13,16-17H2,1-2H3. The van der Waals surface area contributed by atoms with E-state index in [1.807, 2.05) is 0 Å². The van der Waals surface area contributed by atoms with E-state index in [-0.39, 0.29) is 23.4 Å². The van der Waals surface area contributed by atoms with Gasteiger partial charge in [-0.1, -0.05) is 32.6 Å². The molecule has 0 heterocycles. The smallest absolute Gasteiger partial charge is 0.314 e. The van der Waals surface area contributed by atoms with Gasteiger partial charge in [0.05, 0.1) is 13.0 Å². The van der Waals surface area contributed by atoms with Gasteiger partial charge in [-0.3, -0.25) is 4.79 Å². The van der Waals surface area contributed by atoms with Crippen LogP contribution in [0.4, 0.5) is 4.39 Å². The number of unbranched alkanes of at least 4 members (excludes halogenated alkanes) is 1. The van der Waals surface area contributed by atoms with Gasteiger partial charge in [0.1, 0.15) is 5.75 Å². The van der Waals surface area contributed by atoms with Crippen molar-refractivity contribution in [2.24, 2.45) is 35.5 Å². The van der Waals surface area contributed by atoms with Crippen molar-refractivity contribution in [3.05, 3.63) is 24.0 Å². The third kappa shape index (κ3) is 5.66. The van der Waals surface area contributed by atoms with Crippen LogP contribution in [0.1, 0.15) is 90.4 Å². The van der Waals surface area contributed by atoms with E-state index in [4.69, 9.17) is 9.47 Å². The highest BCUT2D eigenvalue weighted by molar-refractivity contribution is 5.75. The Labute approximate surface area is 193 Å². The molecule has 3 nitrogen and oxygen atoms in total. The summed E-state index contributed by atoms with van der Waals surface area (Å²) in [5.74, 6) is 4.23. The van der Waals surface area contributed by atoms with E-state index < -0.39 is 5.82 Å². The normalized spacial score (nSPS) is 32.7. The summed E-state index contributed by atoms with van der Waals surface area (Å²) in [7, 11) is 1.42. The molecule has 3 fully saturated rings. The maximum atomic E-state index is 13.9. The molecule has 3 saturated carbocycles. The Balaban J connectivity index is 1.22. The Morgan fingerprint density at radius 2 is 1.59 bits per heavy atom. The molecule has 3 aliphatic carbocycles. The quantitative estimate of drug-likeness (QED) is 0.321. The maximum absolute atomic E-state index is 13.9. The predicted molar refractivity (Wildman–Crippen MR) is 125 cm³/mol. The van der Waals surface area contributed by atoms with Gasteiger partial charge in [0.2, 0.25) is 0 Å².